The minimum absolute atomic E-state index is 0.0965. The molecule has 1 unspecified atom stereocenters. The van der Waals surface area contributed by atoms with Gasteiger partial charge in [-0.05, 0) is 24.0 Å². The molecule has 0 aromatic heterocycles. The Morgan fingerprint density at radius 3 is 2.50 bits per heavy atom. The van der Waals surface area contributed by atoms with Crippen molar-refractivity contribution < 1.29 is 19.2 Å². The van der Waals surface area contributed by atoms with Gasteiger partial charge in [0.1, 0.15) is 0 Å². The van der Waals surface area contributed by atoms with E-state index in [0.29, 0.717) is 5.56 Å². The summed E-state index contributed by atoms with van der Waals surface area (Å²) in [6, 6.07) is 3.47. The smallest absolute Gasteiger partial charge is 0.307 e. The highest BCUT2D eigenvalue weighted by Crippen LogP contribution is 2.22. The number of nitrogens with zero attached hydrogens (tertiary/aromatic N) is 1. The van der Waals surface area contributed by atoms with Gasteiger partial charge < -0.3 is 5.11 Å². The van der Waals surface area contributed by atoms with E-state index < -0.39 is 28.3 Å². The third-order valence-electron chi connectivity index (χ3n) is 2.79. The van der Waals surface area contributed by atoms with Crippen molar-refractivity contribution in [2.75, 3.05) is 0 Å². The molecular formula is C12H14FNO4. The van der Waals surface area contributed by atoms with Crippen LogP contribution in [0.4, 0.5) is 10.1 Å². The number of carboxylic acids is 1. The minimum atomic E-state index is -0.955. The van der Waals surface area contributed by atoms with Crippen LogP contribution in [0.2, 0.25) is 0 Å². The molecular weight excluding hydrogens is 241 g/mol. The highest BCUT2D eigenvalue weighted by Gasteiger charge is 2.23. The van der Waals surface area contributed by atoms with E-state index >= 15 is 0 Å². The second-order valence-corrected chi connectivity index (χ2v) is 4.44. The van der Waals surface area contributed by atoms with Crippen LogP contribution in [-0.4, -0.2) is 16.0 Å². The fraction of sp³-hybridized carbons (Fsp3) is 0.417. The third kappa shape index (κ3) is 3.26. The quantitative estimate of drug-likeness (QED) is 0.647. The zero-order valence-corrected chi connectivity index (χ0v) is 10.1. The van der Waals surface area contributed by atoms with Gasteiger partial charge in [-0.1, -0.05) is 19.9 Å². The van der Waals surface area contributed by atoms with Crippen LogP contribution >= 0.6 is 0 Å². The van der Waals surface area contributed by atoms with E-state index in [0.717, 1.165) is 12.1 Å². The summed E-state index contributed by atoms with van der Waals surface area (Å²) in [5, 5.41) is 19.5. The summed E-state index contributed by atoms with van der Waals surface area (Å²) in [6.07, 6.45) is 0.155. The normalized spacial score (nSPS) is 12.4. The van der Waals surface area contributed by atoms with Crippen LogP contribution in [0.3, 0.4) is 0 Å². The number of carbonyl (C=O) groups is 1. The topological polar surface area (TPSA) is 80.4 Å². The van der Waals surface area contributed by atoms with Crippen molar-refractivity contribution in [3.8, 4) is 0 Å². The molecule has 0 saturated heterocycles. The Morgan fingerprint density at radius 2 is 2.11 bits per heavy atom. The minimum Gasteiger partial charge on any atom is -0.481 e. The first kappa shape index (κ1) is 14.1. The zero-order valence-electron chi connectivity index (χ0n) is 10.1. The highest BCUT2D eigenvalue weighted by atomic mass is 19.1. The number of carboxylic acid groups (broad SMARTS) is 1. The molecule has 1 aromatic carbocycles. The van der Waals surface area contributed by atoms with Crippen molar-refractivity contribution in [2.24, 2.45) is 11.8 Å². The summed E-state index contributed by atoms with van der Waals surface area (Å²) in [6.45, 7) is 3.53. The number of benzene rings is 1. The van der Waals surface area contributed by atoms with Crippen LogP contribution in [0.5, 0.6) is 0 Å². The van der Waals surface area contributed by atoms with Crippen molar-refractivity contribution >= 4 is 11.7 Å². The summed E-state index contributed by atoms with van der Waals surface area (Å²) >= 11 is 0. The van der Waals surface area contributed by atoms with Crippen LogP contribution in [0, 0.1) is 27.8 Å². The van der Waals surface area contributed by atoms with E-state index in [2.05, 4.69) is 0 Å². The first-order chi connectivity index (χ1) is 8.32. The molecule has 0 fully saturated rings. The summed E-state index contributed by atoms with van der Waals surface area (Å²) in [5.74, 6) is -2.62. The van der Waals surface area contributed by atoms with Crippen molar-refractivity contribution in [1.29, 1.82) is 0 Å². The molecule has 0 aliphatic rings. The molecule has 0 radical (unpaired) electrons. The van der Waals surface area contributed by atoms with E-state index in [-0.39, 0.29) is 12.3 Å². The summed E-state index contributed by atoms with van der Waals surface area (Å²) in [7, 11) is 0. The van der Waals surface area contributed by atoms with Gasteiger partial charge in [0, 0.05) is 6.07 Å². The molecule has 0 aliphatic carbocycles. The summed E-state index contributed by atoms with van der Waals surface area (Å²) in [5.41, 5.74) is -0.158. The molecule has 0 amide bonds. The maximum absolute atomic E-state index is 13.4. The first-order valence-corrected chi connectivity index (χ1v) is 5.48. The molecule has 98 valence electrons. The lowest BCUT2D eigenvalue weighted by Crippen LogP contribution is -2.22. The molecule has 0 aliphatic heterocycles. The van der Waals surface area contributed by atoms with E-state index in [9.17, 15) is 19.3 Å². The Balaban J connectivity index is 2.95. The number of nitro benzene ring substituents is 1. The molecule has 6 heteroatoms. The molecule has 0 bridgehead atoms. The van der Waals surface area contributed by atoms with Gasteiger partial charge in [0.05, 0.1) is 10.8 Å². The number of hydrogen-bond acceptors (Lipinski definition) is 3. The Kier molecular flexibility index (Phi) is 4.36. The molecule has 1 aromatic rings. The van der Waals surface area contributed by atoms with Crippen molar-refractivity contribution in [2.45, 2.75) is 20.3 Å². The molecule has 1 rings (SSSR count). The lowest BCUT2D eigenvalue weighted by molar-refractivity contribution is -0.387. The van der Waals surface area contributed by atoms with Gasteiger partial charge in [0.2, 0.25) is 5.82 Å². The molecule has 1 N–H and O–H groups in total. The number of nitro groups is 1. The van der Waals surface area contributed by atoms with Crippen LogP contribution < -0.4 is 0 Å². The SMILES string of the molecule is CC(C)C(Cc1ccc([N+](=O)[O-])c(F)c1)C(=O)O. The largest absolute Gasteiger partial charge is 0.481 e. The summed E-state index contributed by atoms with van der Waals surface area (Å²) < 4.78 is 13.4. The van der Waals surface area contributed by atoms with Crippen LogP contribution in [0.25, 0.3) is 0 Å². The maximum atomic E-state index is 13.4. The highest BCUT2D eigenvalue weighted by molar-refractivity contribution is 5.70. The number of hydrogen-bond donors (Lipinski definition) is 1. The Hall–Kier alpha value is -1.98. The van der Waals surface area contributed by atoms with E-state index in [1.165, 1.54) is 6.07 Å². The summed E-state index contributed by atoms with van der Waals surface area (Å²) in [4.78, 5) is 20.6. The van der Waals surface area contributed by atoms with E-state index in [4.69, 9.17) is 5.11 Å². The van der Waals surface area contributed by atoms with Crippen LogP contribution in [0.15, 0.2) is 18.2 Å². The average molecular weight is 255 g/mol. The number of halogens is 1. The van der Waals surface area contributed by atoms with Gasteiger partial charge in [0.15, 0.2) is 0 Å². The predicted molar refractivity (Wildman–Crippen MR) is 62.7 cm³/mol. The molecule has 5 nitrogen and oxygen atoms in total. The van der Waals surface area contributed by atoms with Crippen LogP contribution in [-0.2, 0) is 11.2 Å². The standard InChI is InChI=1S/C12H14FNO4/c1-7(2)9(12(15)16)5-8-3-4-11(14(17)18)10(13)6-8/h3-4,6-7,9H,5H2,1-2H3,(H,15,16). The van der Waals surface area contributed by atoms with Crippen molar-refractivity contribution in [3.63, 3.8) is 0 Å². The molecule has 0 saturated carbocycles. The van der Waals surface area contributed by atoms with E-state index in [1.54, 1.807) is 13.8 Å². The maximum Gasteiger partial charge on any atom is 0.307 e. The Morgan fingerprint density at radius 1 is 1.50 bits per heavy atom. The fourth-order valence-corrected chi connectivity index (χ4v) is 1.69. The van der Waals surface area contributed by atoms with Crippen LogP contribution in [0.1, 0.15) is 19.4 Å². The Labute approximate surface area is 103 Å². The first-order valence-electron chi connectivity index (χ1n) is 5.48. The lowest BCUT2D eigenvalue weighted by Gasteiger charge is -2.15. The monoisotopic (exact) mass is 255 g/mol. The van der Waals surface area contributed by atoms with Crippen molar-refractivity contribution in [3.05, 3.63) is 39.7 Å². The molecule has 1 atom stereocenters. The average Bonchev–Trinajstić information content (AvgIpc) is 2.24. The second kappa shape index (κ2) is 5.57. The molecule has 0 spiro atoms. The van der Waals surface area contributed by atoms with Gasteiger partial charge in [-0.25, -0.2) is 0 Å². The Bertz CT molecular complexity index is 473. The molecule has 0 heterocycles. The van der Waals surface area contributed by atoms with Gasteiger partial charge in [-0.3, -0.25) is 14.9 Å². The zero-order chi connectivity index (χ0) is 13.9. The van der Waals surface area contributed by atoms with Gasteiger partial charge in [-0.2, -0.15) is 4.39 Å². The lowest BCUT2D eigenvalue weighted by atomic mass is 9.89. The van der Waals surface area contributed by atoms with E-state index in [1.807, 2.05) is 0 Å². The third-order valence-corrected chi connectivity index (χ3v) is 2.79. The number of aliphatic carboxylic acids is 1. The molecule has 18 heavy (non-hydrogen) atoms. The van der Waals surface area contributed by atoms with Gasteiger partial charge in [0.25, 0.3) is 0 Å². The van der Waals surface area contributed by atoms with Gasteiger partial charge >= 0.3 is 11.7 Å². The predicted octanol–water partition coefficient (Wildman–Crippen LogP) is 2.63. The second-order valence-electron chi connectivity index (χ2n) is 4.44. The fourth-order valence-electron chi connectivity index (χ4n) is 1.69. The van der Waals surface area contributed by atoms with Crippen molar-refractivity contribution in [1.82, 2.24) is 0 Å². The number of rotatable bonds is 5. The van der Waals surface area contributed by atoms with Gasteiger partial charge in [-0.15, -0.1) is 0 Å².